The van der Waals surface area contributed by atoms with E-state index < -0.39 is 12.1 Å². The van der Waals surface area contributed by atoms with Crippen LogP contribution < -0.4 is 14.4 Å². The predicted octanol–water partition coefficient (Wildman–Crippen LogP) is 6.54. The predicted molar refractivity (Wildman–Crippen MR) is 157 cm³/mol. The van der Waals surface area contributed by atoms with Crippen LogP contribution in [0.1, 0.15) is 67.9 Å². The molecule has 4 aromatic rings. The van der Waals surface area contributed by atoms with Gasteiger partial charge in [0.2, 0.25) is 5.88 Å². The second-order valence-electron chi connectivity index (χ2n) is 10.1. The third-order valence-corrected chi connectivity index (χ3v) is 7.94. The quantitative estimate of drug-likeness (QED) is 0.189. The summed E-state index contributed by atoms with van der Waals surface area (Å²) >= 11 is 1.33. The van der Waals surface area contributed by atoms with Crippen LogP contribution in [0, 0.1) is 0 Å². The average molecular weight is 563 g/mol. The van der Waals surface area contributed by atoms with Gasteiger partial charge in [0.15, 0.2) is 5.13 Å². The van der Waals surface area contributed by atoms with Crippen LogP contribution >= 0.6 is 11.3 Å². The molecule has 0 radical (unpaired) electrons. The number of aromatic nitrogens is 1. The van der Waals surface area contributed by atoms with Gasteiger partial charge < -0.3 is 29.7 Å². The second kappa shape index (κ2) is 11.7. The molecule has 1 aliphatic rings. The molecule has 8 nitrogen and oxygen atoms in total. The molecule has 0 spiro atoms. The number of nitrogens with zero attached hydrogens (tertiary/aromatic N) is 2. The second-order valence-corrected chi connectivity index (χ2v) is 10.9. The van der Waals surface area contributed by atoms with Crippen molar-refractivity contribution in [2.24, 2.45) is 0 Å². The van der Waals surface area contributed by atoms with E-state index in [9.17, 15) is 20.1 Å². The summed E-state index contributed by atoms with van der Waals surface area (Å²) < 4.78 is 12.4. The molecule has 1 aliphatic heterocycles. The number of aliphatic hydroxyl groups excluding tert-OH is 1. The molecular formula is C31H34N2O6S. The Morgan fingerprint density at radius 2 is 1.85 bits per heavy atom. The standard InChI is InChI=1S/C31H34N2O6S/c1-4-9-38-27-8-6-7-19-11-24(28(15-22(19)27)39-10-5-2)25-16-33(31-32-29(35)17-40-31)26-14-21(18(3)34)20(12-23(25)26)13-30(36)37/h6-8,11-12,14-15,17-18,25,34-35H,4-5,9-10,13,16H2,1-3H3,(H,36,37). The molecule has 2 heterocycles. The van der Waals surface area contributed by atoms with Crippen LogP contribution in [0.25, 0.3) is 10.8 Å². The highest BCUT2D eigenvalue weighted by Gasteiger charge is 2.36. The van der Waals surface area contributed by atoms with Gasteiger partial charge in [0.1, 0.15) is 11.5 Å². The van der Waals surface area contributed by atoms with Gasteiger partial charge in [-0.3, -0.25) is 4.79 Å². The van der Waals surface area contributed by atoms with Gasteiger partial charge in [-0.15, -0.1) is 11.3 Å². The Morgan fingerprint density at radius 3 is 2.50 bits per heavy atom. The van der Waals surface area contributed by atoms with Gasteiger partial charge in [0, 0.05) is 29.1 Å². The van der Waals surface area contributed by atoms with Crippen LogP contribution in [0.4, 0.5) is 10.8 Å². The molecule has 210 valence electrons. The molecule has 40 heavy (non-hydrogen) atoms. The molecule has 3 aromatic carbocycles. The monoisotopic (exact) mass is 562 g/mol. The summed E-state index contributed by atoms with van der Waals surface area (Å²) in [7, 11) is 0. The Hall–Kier alpha value is -3.82. The highest BCUT2D eigenvalue weighted by molar-refractivity contribution is 7.14. The fraction of sp³-hybridized carbons (Fsp3) is 0.355. The molecular weight excluding hydrogens is 528 g/mol. The zero-order valence-electron chi connectivity index (χ0n) is 22.9. The van der Waals surface area contributed by atoms with E-state index in [4.69, 9.17) is 9.47 Å². The first-order valence-corrected chi connectivity index (χ1v) is 14.5. The number of hydrogen-bond donors (Lipinski definition) is 3. The summed E-state index contributed by atoms with van der Waals surface area (Å²) in [5.74, 6) is 0.370. The molecule has 2 atom stereocenters. The number of carbonyl (C=O) groups is 1. The molecule has 0 fully saturated rings. The lowest BCUT2D eigenvalue weighted by atomic mass is 9.87. The van der Waals surface area contributed by atoms with Crippen molar-refractivity contribution in [3.8, 4) is 17.4 Å². The number of fused-ring (bicyclic) bond motifs is 2. The summed E-state index contributed by atoms with van der Waals surface area (Å²) in [5.41, 5.74) is 3.86. The zero-order chi connectivity index (χ0) is 28.4. The Balaban J connectivity index is 1.71. The van der Waals surface area contributed by atoms with Crippen molar-refractivity contribution in [3.63, 3.8) is 0 Å². The van der Waals surface area contributed by atoms with Gasteiger partial charge in [0.25, 0.3) is 0 Å². The van der Waals surface area contributed by atoms with Crippen molar-refractivity contribution >= 4 is 38.9 Å². The number of aromatic hydroxyl groups is 1. The van der Waals surface area contributed by atoms with E-state index in [2.05, 4.69) is 31.0 Å². The maximum absolute atomic E-state index is 11.7. The van der Waals surface area contributed by atoms with Crippen LogP contribution in [-0.4, -0.2) is 46.0 Å². The van der Waals surface area contributed by atoms with Crippen LogP contribution in [0.3, 0.4) is 0 Å². The third kappa shape index (κ3) is 5.44. The highest BCUT2D eigenvalue weighted by Crippen LogP contribution is 2.49. The lowest BCUT2D eigenvalue weighted by Crippen LogP contribution is -2.16. The summed E-state index contributed by atoms with van der Waals surface area (Å²) in [6.07, 6.45) is 0.697. The molecule has 0 saturated heterocycles. The normalized spacial score (nSPS) is 15.3. The number of carboxylic acid groups (broad SMARTS) is 1. The zero-order valence-corrected chi connectivity index (χ0v) is 23.7. The van der Waals surface area contributed by atoms with Crippen LogP contribution in [0.15, 0.2) is 47.8 Å². The van der Waals surface area contributed by atoms with Crippen molar-refractivity contribution in [2.45, 2.75) is 52.1 Å². The molecule has 0 amide bonds. The maximum Gasteiger partial charge on any atom is 0.307 e. The van der Waals surface area contributed by atoms with Crippen molar-refractivity contribution < 1.29 is 29.6 Å². The van der Waals surface area contributed by atoms with E-state index in [0.29, 0.717) is 36.0 Å². The van der Waals surface area contributed by atoms with E-state index in [1.807, 2.05) is 35.2 Å². The van der Waals surface area contributed by atoms with Gasteiger partial charge in [-0.05, 0) is 66.1 Å². The number of anilines is 2. The minimum absolute atomic E-state index is 0.0551. The molecule has 5 rings (SSSR count). The molecule has 3 N–H and O–H groups in total. The summed E-state index contributed by atoms with van der Waals surface area (Å²) in [6.45, 7) is 7.45. The van der Waals surface area contributed by atoms with Gasteiger partial charge in [0.05, 0.1) is 31.1 Å². The van der Waals surface area contributed by atoms with Gasteiger partial charge in [-0.2, -0.15) is 4.98 Å². The number of rotatable bonds is 11. The van der Waals surface area contributed by atoms with Crippen molar-refractivity contribution in [1.29, 1.82) is 0 Å². The number of ether oxygens (including phenoxy) is 2. The van der Waals surface area contributed by atoms with Gasteiger partial charge in [-0.25, -0.2) is 0 Å². The van der Waals surface area contributed by atoms with E-state index in [1.54, 1.807) is 12.3 Å². The summed E-state index contributed by atoms with van der Waals surface area (Å²) in [5, 5.41) is 34.4. The molecule has 9 heteroatoms. The minimum atomic E-state index is -0.963. The summed E-state index contributed by atoms with van der Waals surface area (Å²) in [6, 6.07) is 14.0. The van der Waals surface area contributed by atoms with Crippen molar-refractivity contribution in [2.75, 3.05) is 24.7 Å². The Morgan fingerprint density at radius 1 is 1.10 bits per heavy atom. The first kappa shape index (κ1) is 27.7. The molecule has 0 aliphatic carbocycles. The Labute approximate surface area is 237 Å². The van der Waals surface area contributed by atoms with Crippen LogP contribution in [-0.2, 0) is 11.2 Å². The number of aliphatic hydroxyl groups is 1. The molecule has 2 unspecified atom stereocenters. The van der Waals surface area contributed by atoms with Crippen LogP contribution in [0.5, 0.6) is 17.4 Å². The van der Waals surface area contributed by atoms with E-state index >= 15 is 0 Å². The largest absolute Gasteiger partial charge is 0.493 e. The topological polar surface area (TPSA) is 112 Å². The first-order valence-electron chi connectivity index (χ1n) is 13.6. The minimum Gasteiger partial charge on any atom is -0.493 e. The number of thiazole rings is 1. The van der Waals surface area contributed by atoms with E-state index in [0.717, 1.165) is 51.9 Å². The third-order valence-electron chi connectivity index (χ3n) is 7.09. The smallest absolute Gasteiger partial charge is 0.307 e. The fourth-order valence-corrected chi connectivity index (χ4v) is 6.04. The molecule has 0 bridgehead atoms. The summed E-state index contributed by atoms with van der Waals surface area (Å²) in [4.78, 5) is 18.1. The lowest BCUT2D eigenvalue weighted by molar-refractivity contribution is -0.136. The number of carboxylic acids is 1. The maximum atomic E-state index is 11.7. The Kier molecular flexibility index (Phi) is 8.14. The average Bonchev–Trinajstić information content (AvgIpc) is 3.52. The molecule has 0 saturated carbocycles. The fourth-order valence-electron chi connectivity index (χ4n) is 5.33. The number of benzene rings is 3. The number of hydrogen-bond acceptors (Lipinski definition) is 8. The van der Waals surface area contributed by atoms with Gasteiger partial charge in [-0.1, -0.05) is 32.0 Å². The van der Waals surface area contributed by atoms with Crippen LogP contribution in [0.2, 0.25) is 0 Å². The van der Waals surface area contributed by atoms with Gasteiger partial charge >= 0.3 is 5.97 Å². The number of aliphatic carboxylic acids is 1. The van der Waals surface area contributed by atoms with Crippen molar-refractivity contribution in [3.05, 3.63) is 70.1 Å². The van der Waals surface area contributed by atoms with Crippen molar-refractivity contribution in [1.82, 2.24) is 4.98 Å². The lowest BCUT2D eigenvalue weighted by Gasteiger charge is -2.20. The first-order chi connectivity index (χ1) is 19.3. The van der Waals surface area contributed by atoms with E-state index in [-0.39, 0.29) is 18.2 Å². The SMILES string of the molecule is CCCOc1cc2c(OCCC)cccc2cc1C1CN(c2nc(O)cs2)c2cc(C(C)O)c(CC(=O)O)cc21. The van der Waals surface area contributed by atoms with E-state index in [1.165, 1.54) is 11.3 Å². The highest BCUT2D eigenvalue weighted by atomic mass is 32.1. The molecule has 1 aromatic heterocycles. The Bertz CT molecular complexity index is 1530.